The third kappa shape index (κ3) is 4.76. The Balaban J connectivity index is 0.00000121. The lowest BCUT2D eigenvalue weighted by molar-refractivity contribution is 0.103. The fourth-order valence-corrected chi connectivity index (χ4v) is 3.90. The molecule has 0 amide bonds. The molecule has 2 aliphatic rings. The molecule has 0 radical (unpaired) electrons. The van der Waals surface area contributed by atoms with Crippen molar-refractivity contribution >= 4 is 24.8 Å². The van der Waals surface area contributed by atoms with E-state index in [2.05, 4.69) is 16.3 Å². The van der Waals surface area contributed by atoms with Crippen molar-refractivity contribution in [2.75, 3.05) is 26.2 Å². The molecule has 1 aliphatic heterocycles. The Bertz CT molecular complexity index is 414. The highest BCUT2D eigenvalue weighted by Gasteiger charge is 2.30. The van der Waals surface area contributed by atoms with Crippen molar-refractivity contribution in [2.24, 2.45) is 5.92 Å². The molecule has 1 aromatic rings. The first-order valence-corrected chi connectivity index (χ1v) is 8.08. The number of aromatic hydroxyl groups is 1. The quantitative estimate of drug-likeness (QED) is 0.874. The lowest BCUT2D eigenvalue weighted by Crippen LogP contribution is -2.47. The highest BCUT2D eigenvalue weighted by molar-refractivity contribution is 5.85. The van der Waals surface area contributed by atoms with Gasteiger partial charge in [-0.25, -0.2) is 0 Å². The predicted octanol–water partition coefficient (Wildman–Crippen LogP) is 3.76. The maximum atomic E-state index is 9.83. The number of halogens is 2. The minimum Gasteiger partial charge on any atom is -0.508 e. The second-order valence-electron chi connectivity index (χ2n) is 6.22. The number of phenols is 1. The van der Waals surface area contributed by atoms with Gasteiger partial charge in [0.05, 0.1) is 0 Å². The van der Waals surface area contributed by atoms with Crippen molar-refractivity contribution in [1.82, 2.24) is 10.2 Å². The number of piperazine rings is 1. The number of hydrogen-bond acceptors (Lipinski definition) is 3. The smallest absolute Gasteiger partial charge is 0.115 e. The van der Waals surface area contributed by atoms with Crippen LogP contribution < -0.4 is 5.32 Å². The zero-order chi connectivity index (χ0) is 13.8. The van der Waals surface area contributed by atoms with Gasteiger partial charge in [-0.1, -0.05) is 31.4 Å². The lowest BCUT2D eigenvalue weighted by atomic mass is 9.80. The van der Waals surface area contributed by atoms with Crippen LogP contribution in [0.15, 0.2) is 24.3 Å². The fraction of sp³-hybridized carbons (Fsp3) is 0.647. The van der Waals surface area contributed by atoms with E-state index in [1.54, 1.807) is 6.07 Å². The monoisotopic (exact) mass is 346 g/mol. The van der Waals surface area contributed by atoms with Gasteiger partial charge >= 0.3 is 0 Å². The zero-order valence-corrected chi connectivity index (χ0v) is 14.7. The van der Waals surface area contributed by atoms with E-state index in [0.717, 1.165) is 32.1 Å². The summed E-state index contributed by atoms with van der Waals surface area (Å²) in [5, 5.41) is 13.3. The summed E-state index contributed by atoms with van der Waals surface area (Å²) in [4.78, 5) is 2.63. The lowest BCUT2D eigenvalue weighted by Gasteiger charge is -2.41. The maximum Gasteiger partial charge on any atom is 0.115 e. The van der Waals surface area contributed by atoms with E-state index in [9.17, 15) is 5.11 Å². The summed E-state index contributed by atoms with van der Waals surface area (Å²) in [7, 11) is 0. The Morgan fingerprint density at radius 3 is 2.36 bits per heavy atom. The van der Waals surface area contributed by atoms with E-state index in [0.29, 0.717) is 11.8 Å². The third-order valence-electron chi connectivity index (χ3n) is 4.85. The van der Waals surface area contributed by atoms with E-state index < -0.39 is 0 Å². The molecule has 126 valence electrons. The van der Waals surface area contributed by atoms with Crippen LogP contribution in [0.2, 0.25) is 0 Å². The van der Waals surface area contributed by atoms with Gasteiger partial charge < -0.3 is 10.4 Å². The largest absolute Gasteiger partial charge is 0.508 e. The number of rotatable bonds is 3. The van der Waals surface area contributed by atoms with Crippen molar-refractivity contribution in [1.29, 1.82) is 0 Å². The Morgan fingerprint density at radius 2 is 1.73 bits per heavy atom. The number of nitrogens with zero attached hydrogens (tertiary/aromatic N) is 1. The van der Waals surface area contributed by atoms with Gasteiger partial charge in [0, 0.05) is 32.2 Å². The van der Waals surface area contributed by atoms with Gasteiger partial charge in [0.2, 0.25) is 0 Å². The standard InChI is InChI=1S/C17H26N2O.2ClH/c20-16-8-4-7-15(13-16)17(14-5-2-1-3-6-14)19-11-9-18-10-12-19;;/h4,7-8,13-14,17-18,20H,1-3,5-6,9-12H2;2*1H/t17-;;/m1../s1. The molecule has 2 fully saturated rings. The van der Waals surface area contributed by atoms with Gasteiger partial charge in [-0.05, 0) is 36.5 Å². The first kappa shape index (κ1) is 19.6. The molecule has 1 aromatic carbocycles. The summed E-state index contributed by atoms with van der Waals surface area (Å²) in [5.74, 6) is 1.15. The van der Waals surface area contributed by atoms with Crippen molar-refractivity contribution in [3.05, 3.63) is 29.8 Å². The summed E-state index contributed by atoms with van der Waals surface area (Å²) < 4.78 is 0. The Kier molecular flexibility index (Phi) is 8.55. The third-order valence-corrected chi connectivity index (χ3v) is 4.85. The van der Waals surface area contributed by atoms with E-state index in [4.69, 9.17) is 0 Å². The summed E-state index contributed by atoms with van der Waals surface area (Å²) >= 11 is 0. The van der Waals surface area contributed by atoms with Crippen LogP contribution >= 0.6 is 24.8 Å². The van der Waals surface area contributed by atoms with Crippen molar-refractivity contribution in [3.8, 4) is 5.75 Å². The molecule has 22 heavy (non-hydrogen) atoms. The second kappa shape index (κ2) is 9.61. The molecule has 3 nitrogen and oxygen atoms in total. The molecule has 0 spiro atoms. The molecule has 1 saturated carbocycles. The predicted molar refractivity (Wildman–Crippen MR) is 96.4 cm³/mol. The summed E-state index contributed by atoms with van der Waals surface area (Å²) in [6.07, 6.45) is 6.80. The van der Waals surface area contributed by atoms with Crippen LogP contribution in [0.25, 0.3) is 0 Å². The summed E-state index contributed by atoms with van der Waals surface area (Å²) in [6, 6.07) is 8.43. The van der Waals surface area contributed by atoms with Crippen LogP contribution in [-0.2, 0) is 0 Å². The molecular weight excluding hydrogens is 319 g/mol. The number of nitrogens with one attached hydrogen (secondary N) is 1. The van der Waals surface area contributed by atoms with E-state index in [1.807, 2.05) is 12.1 Å². The normalized spacial score (nSPS) is 21.5. The summed E-state index contributed by atoms with van der Waals surface area (Å²) in [5.41, 5.74) is 1.30. The first-order valence-electron chi connectivity index (χ1n) is 8.08. The van der Waals surface area contributed by atoms with Crippen LogP contribution in [0.3, 0.4) is 0 Å². The van der Waals surface area contributed by atoms with Crippen molar-refractivity contribution in [2.45, 2.75) is 38.1 Å². The average Bonchev–Trinajstić information content (AvgIpc) is 2.50. The fourth-order valence-electron chi connectivity index (χ4n) is 3.90. The van der Waals surface area contributed by atoms with Crippen molar-refractivity contribution in [3.63, 3.8) is 0 Å². The van der Waals surface area contributed by atoms with E-state index in [1.165, 1.54) is 37.7 Å². The van der Waals surface area contributed by atoms with E-state index >= 15 is 0 Å². The highest BCUT2D eigenvalue weighted by atomic mass is 35.5. The molecule has 0 bridgehead atoms. The molecule has 0 aromatic heterocycles. The molecule has 1 heterocycles. The SMILES string of the molecule is Cl.Cl.Oc1cccc([C@@H](C2CCCCC2)N2CCNCC2)c1. The molecule has 2 N–H and O–H groups in total. The number of hydrogen-bond donors (Lipinski definition) is 2. The Morgan fingerprint density at radius 1 is 1.05 bits per heavy atom. The Labute approximate surface area is 146 Å². The van der Waals surface area contributed by atoms with Crippen LogP contribution in [-0.4, -0.2) is 36.2 Å². The number of benzene rings is 1. The van der Waals surface area contributed by atoms with Crippen LogP contribution in [0, 0.1) is 5.92 Å². The first-order chi connectivity index (χ1) is 9.84. The van der Waals surface area contributed by atoms with Crippen LogP contribution in [0.4, 0.5) is 0 Å². The van der Waals surface area contributed by atoms with E-state index in [-0.39, 0.29) is 24.8 Å². The summed E-state index contributed by atoms with van der Waals surface area (Å²) in [6.45, 7) is 4.41. The topological polar surface area (TPSA) is 35.5 Å². The van der Waals surface area contributed by atoms with Crippen LogP contribution in [0.1, 0.15) is 43.7 Å². The number of phenolic OH excluding ortho intramolecular Hbond substituents is 1. The van der Waals surface area contributed by atoms with Gasteiger partial charge in [-0.3, -0.25) is 4.90 Å². The minimum absolute atomic E-state index is 0. The van der Waals surface area contributed by atoms with Crippen LogP contribution in [0.5, 0.6) is 5.75 Å². The molecule has 5 heteroatoms. The zero-order valence-electron chi connectivity index (χ0n) is 13.0. The van der Waals surface area contributed by atoms with Gasteiger partial charge in [0.25, 0.3) is 0 Å². The van der Waals surface area contributed by atoms with Gasteiger partial charge in [0.1, 0.15) is 5.75 Å². The average molecular weight is 347 g/mol. The molecule has 1 saturated heterocycles. The minimum atomic E-state index is 0. The Hall–Kier alpha value is -0.480. The molecular formula is C17H28Cl2N2O. The van der Waals surface area contributed by atoms with Gasteiger partial charge in [0.15, 0.2) is 0 Å². The molecule has 3 rings (SSSR count). The second-order valence-corrected chi connectivity index (χ2v) is 6.22. The molecule has 0 unspecified atom stereocenters. The maximum absolute atomic E-state index is 9.83. The molecule has 1 atom stereocenters. The highest BCUT2D eigenvalue weighted by Crippen LogP contribution is 2.39. The van der Waals surface area contributed by atoms with Gasteiger partial charge in [-0.2, -0.15) is 0 Å². The van der Waals surface area contributed by atoms with Gasteiger partial charge in [-0.15, -0.1) is 24.8 Å². The molecule has 1 aliphatic carbocycles. The van der Waals surface area contributed by atoms with Crippen molar-refractivity contribution < 1.29 is 5.11 Å².